The summed E-state index contributed by atoms with van der Waals surface area (Å²) in [5.74, 6) is -13.4. The van der Waals surface area contributed by atoms with E-state index in [9.17, 15) is 43.5 Å². The molecule has 0 amide bonds. The molecule has 1 atom stereocenters. The fourth-order valence-corrected chi connectivity index (χ4v) is 14.1. The van der Waals surface area contributed by atoms with Gasteiger partial charge in [0.15, 0.2) is 5.30 Å². The molecule has 0 heterocycles. The van der Waals surface area contributed by atoms with Gasteiger partial charge in [0, 0.05) is 16.7 Å². The standard InChI is InChI=1S/C78H50O10.2C8H6O4.C6H5OP/c79-73(80)70-61(46-58(49-28-10-1-11-29-49)64(52-34-16-4-17-35-52)67(70)55-40-22-7-23-41-55)75(83)87-77(85)63-48-60(51-32-14-3-15-33-51)66(54-38-20-6-21-39-54)69(57-44-26-9-27-45-57)72(63)78(86)88-76(84)62-47-59(50-30-12-2-13-31-50)65(53-36-18-5-19-37-53)68(71(62)74(81)82)56-42-24-8-25-43-56;2*9-7(10)5-3-1-2-4-6(5)8(11)12;7-8-6-4-2-1-3-5-6/h1-48H,(H,79,80)(H,81,82);2*1-4H,(H,9,10)(H,11,12);1-5H/p+1. The number of carbonyl (C=O) groups excluding carboxylic acids is 4. The topological polar surface area (TPSA) is 328 Å². The van der Waals surface area contributed by atoms with Crippen LogP contribution < -0.4 is 5.30 Å². The number of carbonyl (C=O) groups is 10. The van der Waals surface area contributed by atoms with Gasteiger partial charge in [0.05, 0.1) is 55.6 Å². The molecule has 586 valence electrons. The first-order chi connectivity index (χ1) is 58.2. The monoisotopic (exact) mass is 1600 g/mol. The molecule has 6 N–H and O–H groups in total. The van der Waals surface area contributed by atoms with Gasteiger partial charge in [-0.1, -0.05) is 320 Å². The van der Waals surface area contributed by atoms with Crippen LogP contribution >= 0.6 is 8.46 Å². The highest BCUT2D eigenvalue weighted by Gasteiger charge is 2.37. The summed E-state index contributed by atoms with van der Waals surface area (Å²) in [6.45, 7) is 0. The average molecular weight is 1600 g/mol. The third-order valence-corrected chi connectivity index (χ3v) is 19.5. The summed E-state index contributed by atoms with van der Waals surface area (Å²) < 4.78 is 22.2. The van der Waals surface area contributed by atoms with Crippen LogP contribution in [0.25, 0.3) is 100 Å². The minimum absolute atomic E-state index is 0.0920. The van der Waals surface area contributed by atoms with Crippen molar-refractivity contribution in [3.63, 3.8) is 0 Å². The molecule has 120 heavy (non-hydrogen) atoms. The van der Waals surface area contributed by atoms with E-state index < -0.39 is 93.1 Å². The molecule has 15 aromatic rings. The van der Waals surface area contributed by atoms with Crippen LogP contribution in [0.1, 0.15) is 104 Å². The smallest absolute Gasteiger partial charge is 0.363 e. The molecule has 0 radical (unpaired) electrons. The van der Waals surface area contributed by atoms with E-state index in [-0.39, 0.29) is 47.4 Å². The molecule has 15 aromatic carbocycles. The van der Waals surface area contributed by atoms with Crippen LogP contribution in [0.2, 0.25) is 0 Å². The number of aromatic carboxylic acids is 6. The third kappa shape index (κ3) is 19.1. The molecule has 0 aliphatic carbocycles. The van der Waals surface area contributed by atoms with Gasteiger partial charge in [-0.25, -0.2) is 47.9 Å². The predicted molar refractivity (Wildman–Crippen MR) is 457 cm³/mol. The third-order valence-electron chi connectivity index (χ3n) is 18.9. The van der Waals surface area contributed by atoms with E-state index in [0.717, 1.165) is 5.30 Å². The van der Waals surface area contributed by atoms with Crippen molar-refractivity contribution in [2.24, 2.45) is 0 Å². The Balaban J connectivity index is 0.000000341. The zero-order valence-electron chi connectivity index (χ0n) is 63.2. The first-order valence-electron chi connectivity index (χ1n) is 36.9. The van der Waals surface area contributed by atoms with Gasteiger partial charge in [0.2, 0.25) is 0 Å². The Kier molecular flexibility index (Phi) is 27.0. The van der Waals surface area contributed by atoms with Crippen molar-refractivity contribution in [3.8, 4) is 100 Å². The number of hydrogen-bond donors (Lipinski definition) is 6. The molecule has 0 aromatic heterocycles. The number of hydrogen-bond acceptors (Lipinski definition) is 13. The summed E-state index contributed by atoms with van der Waals surface area (Å²) in [5.41, 5.74) is 4.42. The molecule has 0 fully saturated rings. The molecule has 0 saturated carbocycles. The highest BCUT2D eigenvalue weighted by molar-refractivity contribution is 7.34. The minimum atomic E-state index is -1.50. The Morgan fingerprint density at radius 1 is 0.192 bits per heavy atom. The fraction of sp³-hybridized carbons (Fsp3) is 0. The van der Waals surface area contributed by atoms with Gasteiger partial charge < -0.3 is 40.1 Å². The van der Waals surface area contributed by atoms with E-state index >= 15 is 19.2 Å². The molecule has 19 nitrogen and oxygen atoms in total. The molecule has 0 aliphatic rings. The summed E-state index contributed by atoms with van der Waals surface area (Å²) in [4.78, 5) is 132. The Bertz CT molecular complexity index is 6200. The van der Waals surface area contributed by atoms with E-state index in [4.69, 9.17) is 29.9 Å². The summed E-state index contributed by atoms with van der Waals surface area (Å²) >= 11 is 0. The quantitative estimate of drug-likeness (QED) is 0.0234. The van der Waals surface area contributed by atoms with Gasteiger partial charge in [0.1, 0.15) is 0 Å². The Morgan fingerprint density at radius 3 is 0.583 bits per heavy atom. The van der Waals surface area contributed by atoms with E-state index in [0.29, 0.717) is 83.5 Å². The molecular formula is C100H68O19P+. The number of esters is 4. The normalized spacial score (nSPS) is 10.5. The van der Waals surface area contributed by atoms with E-state index in [1.807, 2.05) is 188 Å². The van der Waals surface area contributed by atoms with Crippen molar-refractivity contribution in [3.05, 3.63) is 426 Å². The van der Waals surface area contributed by atoms with Gasteiger partial charge in [-0.3, -0.25) is 0 Å². The van der Waals surface area contributed by atoms with Gasteiger partial charge in [-0.2, -0.15) is 0 Å². The van der Waals surface area contributed by atoms with Crippen LogP contribution in [-0.2, 0) is 14.0 Å². The van der Waals surface area contributed by atoms with Crippen LogP contribution in [-0.4, -0.2) is 90.3 Å². The first-order valence-corrected chi connectivity index (χ1v) is 37.8. The predicted octanol–water partition coefficient (Wildman–Crippen LogP) is 21.6. The Hall–Kier alpha value is -16.5. The summed E-state index contributed by atoms with van der Waals surface area (Å²) in [6, 6.07) is 105. The largest absolute Gasteiger partial charge is 0.478 e. The second kappa shape index (κ2) is 39.0. The van der Waals surface area contributed by atoms with Gasteiger partial charge in [-0.05, 0) is 138 Å². The van der Waals surface area contributed by atoms with Crippen LogP contribution in [0.5, 0.6) is 0 Å². The highest BCUT2D eigenvalue weighted by atomic mass is 31.1. The average Bonchev–Trinajstić information content (AvgIpc) is 0.757. The van der Waals surface area contributed by atoms with Crippen molar-refractivity contribution >= 4 is 73.5 Å². The zero-order chi connectivity index (χ0) is 84.8. The van der Waals surface area contributed by atoms with Crippen LogP contribution in [0, 0.1) is 0 Å². The molecule has 20 heteroatoms. The van der Waals surface area contributed by atoms with Gasteiger partial charge in [-0.15, -0.1) is 0 Å². The number of carboxylic acids is 6. The van der Waals surface area contributed by atoms with E-state index in [1.165, 1.54) is 66.7 Å². The number of benzene rings is 15. The van der Waals surface area contributed by atoms with E-state index in [2.05, 4.69) is 0 Å². The maximum Gasteiger partial charge on any atom is 0.363 e. The molecule has 0 saturated heterocycles. The summed E-state index contributed by atoms with van der Waals surface area (Å²) in [7, 11) is -0.320. The van der Waals surface area contributed by atoms with Crippen molar-refractivity contribution in [1.82, 2.24) is 0 Å². The molecular weight excluding hydrogens is 1540 g/mol. The zero-order valence-corrected chi connectivity index (χ0v) is 64.2. The van der Waals surface area contributed by atoms with Crippen molar-refractivity contribution in [1.29, 1.82) is 0 Å². The van der Waals surface area contributed by atoms with Crippen molar-refractivity contribution in [2.75, 3.05) is 0 Å². The highest BCUT2D eigenvalue weighted by Crippen LogP contribution is 2.49. The molecule has 15 rings (SSSR count). The van der Waals surface area contributed by atoms with Gasteiger partial charge in [0.25, 0.3) is 0 Å². The molecule has 0 spiro atoms. The van der Waals surface area contributed by atoms with E-state index in [1.54, 1.807) is 115 Å². The number of ether oxygens (including phenoxy) is 2. The number of carboxylic acid groups (broad SMARTS) is 6. The first kappa shape index (κ1) is 82.9. The van der Waals surface area contributed by atoms with Crippen LogP contribution in [0.4, 0.5) is 0 Å². The lowest BCUT2D eigenvalue weighted by Crippen LogP contribution is -2.23. The van der Waals surface area contributed by atoms with Crippen molar-refractivity contribution in [2.45, 2.75) is 0 Å². The second-order valence-corrected chi connectivity index (χ2v) is 27.1. The molecule has 0 aliphatic heterocycles. The fourth-order valence-electron chi connectivity index (χ4n) is 13.7. The second-order valence-electron chi connectivity index (χ2n) is 26.3. The lowest BCUT2D eigenvalue weighted by atomic mass is 9.82. The maximum atomic E-state index is 16.0. The SMILES string of the molecule is O=C(O)c1ccccc1C(=O)O.O=C(O)c1ccccc1C(=O)O.O=C(OC(=O)c1cc(-c2ccccc2)c(-c2ccccc2)c(-c2ccccc2)c1C(=O)OC(=O)c1cc(-c2ccccc2)c(-c2ccccc2)c(-c2ccccc2)c1C(=O)O)c1cc(-c2ccccc2)c(-c2ccccc2)c(-c2ccccc2)c1C(=O)O.O=[PH+]c1ccccc1. The molecule has 0 bridgehead atoms. The Labute approximate surface area is 688 Å². The van der Waals surface area contributed by atoms with Crippen LogP contribution in [0.15, 0.2) is 370 Å². The summed E-state index contributed by atoms with van der Waals surface area (Å²) in [6.07, 6.45) is 0. The van der Waals surface area contributed by atoms with Gasteiger partial charge >= 0.3 is 68.2 Å². The number of rotatable bonds is 20. The maximum absolute atomic E-state index is 16.0. The summed E-state index contributed by atoms with van der Waals surface area (Å²) in [5, 5.41) is 57.9. The lowest BCUT2D eigenvalue weighted by molar-refractivity contribution is 0.0355. The Morgan fingerprint density at radius 2 is 0.375 bits per heavy atom. The molecule has 1 unspecified atom stereocenters. The van der Waals surface area contributed by atoms with Crippen molar-refractivity contribution < 1.29 is 92.6 Å². The minimum Gasteiger partial charge on any atom is -0.478 e. The van der Waals surface area contributed by atoms with Crippen LogP contribution in [0.3, 0.4) is 0 Å². The lowest BCUT2D eigenvalue weighted by Gasteiger charge is -2.23.